The molecule has 28 heavy (non-hydrogen) atoms. The first-order valence-electron chi connectivity index (χ1n) is 9.35. The third kappa shape index (κ3) is 3.88. The number of rotatable bonds is 6. The average molecular weight is 392 g/mol. The molecule has 1 aromatic heterocycles. The Morgan fingerprint density at radius 3 is 2.64 bits per heavy atom. The predicted molar refractivity (Wildman–Crippen MR) is 95.1 cm³/mol. The summed E-state index contributed by atoms with van der Waals surface area (Å²) in [6.07, 6.45) is 3.98. The van der Waals surface area contributed by atoms with Crippen molar-refractivity contribution in [2.75, 3.05) is 13.7 Å². The molecule has 9 heteroatoms. The third-order valence-corrected chi connectivity index (χ3v) is 5.49. The molecule has 1 N–H and O–H groups in total. The van der Waals surface area contributed by atoms with Gasteiger partial charge in [0.25, 0.3) is 5.91 Å². The third-order valence-electron chi connectivity index (χ3n) is 5.49. The van der Waals surface area contributed by atoms with Crippen LogP contribution in [0.25, 0.3) is 0 Å². The SMILES string of the molecule is CCC1CCC2(CC1)NC(=O)N(CC(=O)OCc1ccc(C(=O)OC)o1)C2=O. The summed E-state index contributed by atoms with van der Waals surface area (Å²) in [5, 5.41) is 2.77. The molecule has 3 amide bonds. The summed E-state index contributed by atoms with van der Waals surface area (Å²) in [6.45, 7) is 1.43. The van der Waals surface area contributed by atoms with E-state index in [1.54, 1.807) is 0 Å². The molecule has 1 saturated heterocycles. The molecule has 1 aromatic rings. The Labute approximate surface area is 162 Å². The fourth-order valence-corrected chi connectivity index (χ4v) is 3.73. The largest absolute Gasteiger partial charge is 0.463 e. The monoisotopic (exact) mass is 392 g/mol. The van der Waals surface area contributed by atoms with E-state index in [9.17, 15) is 19.2 Å². The molecular formula is C19H24N2O7. The fraction of sp³-hybridized carbons (Fsp3) is 0.579. The molecule has 0 aromatic carbocycles. The van der Waals surface area contributed by atoms with Crippen molar-refractivity contribution >= 4 is 23.9 Å². The minimum absolute atomic E-state index is 0.00716. The molecule has 0 unspecified atom stereocenters. The van der Waals surface area contributed by atoms with E-state index in [2.05, 4.69) is 17.0 Å². The number of urea groups is 1. The lowest BCUT2D eigenvalue weighted by Crippen LogP contribution is -2.49. The molecule has 1 saturated carbocycles. The summed E-state index contributed by atoms with van der Waals surface area (Å²) >= 11 is 0. The second-order valence-corrected chi connectivity index (χ2v) is 7.17. The van der Waals surface area contributed by atoms with Gasteiger partial charge in [0.15, 0.2) is 0 Å². The van der Waals surface area contributed by atoms with Crippen LogP contribution in [0.3, 0.4) is 0 Å². The average Bonchev–Trinajstić information content (AvgIpc) is 3.26. The van der Waals surface area contributed by atoms with Crippen LogP contribution in [0.4, 0.5) is 4.79 Å². The van der Waals surface area contributed by atoms with Gasteiger partial charge in [-0.25, -0.2) is 9.59 Å². The van der Waals surface area contributed by atoms with E-state index in [0.29, 0.717) is 18.8 Å². The van der Waals surface area contributed by atoms with Crippen molar-refractivity contribution < 1.29 is 33.1 Å². The molecule has 1 aliphatic heterocycles. The van der Waals surface area contributed by atoms with E-state index >= 15 is 0 Å². The van der Waals surface area contributed by atoms with Gasteiger partial charge in [0.1, 0.15) is 24.5 Å². The molecule has 9 nitrogen and oxygen atoms in total. The summed E-state index contributed by atoms with van der Waals surface area (Å²) in [4.78, 5) is 49.4. The number of furan rings is 1. The van der Waals surface area contributed by atoms with Gasteiger partial charge in [-0.15, -0.1) is 0 Å². The highest BCUT2D eigenvalue weighted by molar-refractivity contribution is 6.08. The number of methoxy groups -OCH3 is 1. The molecule has 2 aliphatic rings. The van der Waals surface area contributed by atoms with Crippen molar-refractivity contribution in [1.29, 1.82) is 0 Å². The summed E-state index contributed by atoms with van der Waals surface area (Å²) in [5.41, 5.74) is -0.889. The van der Waals surface area contributed by atoms with Gasteiger partial charge in [-0.1, -0.05) is 13.3 Å². The summed E-state index contributed by atoms with van der Waals surface area (Å²) in [5.74, 6) is -0.932. The molecule has 0 atom stereocenters. The number of hydrogen-bond donors (Lipinski definition) is 1. The van der Waals surface area contributed by atoms with Crippen LogP contribution in [-0.2, 0) is 25.7 Å². The molecule has 152 valence electrons. The van der Waals surface area contributed by atoms with Gasteiger partial charge < -0.3 is 19.2 Å². The van der Waals surface area contributed by atoms with E-state index in [1.165, 1.54) is 19.2 Å². The lowest BCUT2D eigenvalue weighted by atomic mass is 9.75. The minimum atomic E-state index is -0.889. The van der Waals surface area contributed by atoms with Crippen molar-refractivity contribution in [2.45, 2.75) is 51.2 Å². The van der Waals surface area contributed by atoms with Crippen LogP contribution in [-0.4, -0.2) is 48.0 Å². The van der Waals surface area contributed by atoms with Gasteiger partial charge in [-0.2, -0.15) is 0 Å². The van der Waals surface area contributed by atoms with Gasteiger partial charge in [0.05, 0.1) is 7.11 Å². The molecular weight excluding hydrogens is 368 g/mol. The predicted octanol–water partition coefficient (Wildman–Crippen LogP) is 2.00. The van der Waals surface area contributed by atoms with E-state index in [0.717, 1.165) is 24.2 Å². The number of nitrogens with one attached hydrogen (secondary N) is 1. The maximum atomic E-state index is 12.8. The van der Waals surface area contributed by atoms with Crippen molar-refractivity contribution in [3.63, 3.8) is 0 Å². The van der Waals surface area contributed by atoms with Crippen LogP contribution in [0, 0.1) is 5.92 Å². The smallest absolute Gasteiger partial charge is 0.373 e. The van der Waals surface area contributed by atoms with E-state index < -0.39 is 30.1 Å². The molecule has 2 heterocycles. The molecule has 1 spiro atoms. The lowest BCUT2D eigenvalue weighted by molar-refractivity contribution is -0.149. The number of carbonyl (C=O) groups excluding carboxylic acids is 4. The molecule has 0 radical (unpaired) electrons. The Morgan fingerprint density at radius 1 is 1.29 bits per heavy atom. The summed E-state index contributed by atoms with van der Waals surface area (Å²) < 4.78 is 14.8. The van der Waals surface area contributed by atoms with Crippen LogP contribution in [0.1, 0.15) is 55.3 Å². The Morgan fingerprint density at radius 2 is 2.00 bits per heavy atom. The highest BCUT2D eigenvalue weighted by Crippen LogP contribution is 2.37. The van der Waals surface area contributed by atoms with Crippen molar-refractivity contribution in [1.82, 2.24) is 10.2 Å². The van der Waals surface area contributed by atoms with Gasteiger partial charge in [-0.05, 0) is 43.7 Å². The number of amides is 3. The normalized spacial score (nSPS) is 24.4. The van der Waals surface area contributed by atoms with Crippen molar-refractivity contribution in [2.24, 2.45) is 5.92 Å². The standard InChI is InChI=1S/C19H24N2O7/c1-3-12-6-8-19(9-7-12)17(24)21(18(25)20-19)10-15(22)27-11-13-4-5-14(28-13)16(23)26-2/h4-5,12H,3,6-11H2,1-2H3,(H,20,25). The van der Waals surface area contributed by atoms with E-state index in [1.807, 2.05) is 0 Å². The summed E-state index contributed by atoms with van der Waals surface area (Å²) in [6, 6.07) is 2.32. The molecule has 1 aliphatic carbocycles. The maximum absolute atomic E-state index is 12.8. The lowest BCUT2D eigenvalue weighted by Gasteiger charge is -2.34. The second-order valence-electron chi connectivity index (χ2n) is 7.17. The van der Waals surface area contributed by atoms with Crippen LogP contribution >= 0.6 is 0 Å². The van der Waals surface area contributed by atoms with Crippen molar-refractivity contribution in [3.05, 3.63) is 23.7 Å². The number of imide groups is 1. The number of carbonyl (C=O) groups is 4. The first kappa shape index (κ1) is 19.9. The zero-order valence-corrected chi connectivity index (χ0v) is 16.0. The molecule has 0 bridgehead atoms. The Kier molecular flexibility index (Phi) is 5.71. The first-order chi connectivity index (χ1) is 13.4. The topological polar surface area (TPSA) is 115 Å². The van der Waals surface area contributed by atoms with Gasteiger partial charge in [0.2, 0.25) is 5.76 Å². The van der Waals surface area contributed by atoms with Crippen LogP contribution in [0.2, 0.25) is 0 Å². The minimum Gasteiger partial charge on any atom is -0.463 e. The van der Waals surface area contributed by atoms with Gasteiger partial charge in [0, 0.05) is 0 Å². The number of ether oxygens (including phenoxy) is 2. The number of hydrogen-bond acceptors (Lipinski definition) is 7. The van der Waals surface area contributed by atoms with Gasteiger partial charge >= 0.3 is 18.0 Å². The highest BCUT2D eigenvalue weighted by atomic mass is 16.6. The first-order valence-corrected chi connectivity index (χ1v) is 9.35. The van der Waals surface area contributed by atoms with Crippen LogP contribution in [0.5, 0.6) is 0 Å². The Hall–Kier alpha value is -2.84. The Bertz CT molecular complexity index is 777. The Balaban J connectivity index is 1.54. The fourth-order valence-electron chi connectivity index (χ4n) is 3.73. The zero-order valence-electron chi connectivity index (χ0n) is 16.0. The molecule has 3 rings (SSSR count). The van der Waals surface area contributed by atoms with Gasteiger partial charge in [-0.3, -0.25) is 14.5 Å². The number of nitrogens with zero attached hydrogens (tertiary/aromatic N) is 1. The van der Waals surface area contributed by atoms with Crippen LogP contribution < -0.4 is 5.32 Å². The van der Waals surface area contributed by atoms with E-state index in [-0.39, 0.29) is 24.0 Å². The maximum Gasteiger partial charge on any atom is 0.373 e. The van der Waals surface area contributed by atoms with E-state index in [4.69, 9.17) is 9.15 Å². The quantitative estimate of drug-likeness (QED) is 0.581. The second kappa shape index (κ2) is 8.04. The molecule has 2 fully saturated rings. The number of esters is 2. The highest BCUT2D eigenvalue weighted by Gasteiger charge is 2.52. The van der Waals surface area contributed by atoms with Crippen molar-refractivity contribution in [3.8, 4) is 0 Å². The zero-order chi connectivity index (χ0) is 20.3. The summed E-state index contributed by atoms with van der Waals surface area (Å²) in [7, 11) is 1.23. The van der Waals surface area contributed by atoms with Crippen LogP contribution in [0.15, 0.2) is 16.5 Å².